The fourth-order valence-electron chi connectivity index (χ4n) is 3.35. The Kier molecular flexibility index (Phi) is 6.08. The summed E-state index contributed by atoms with van der Waals surface area (Å²) in [6.07, 6.45) is 6.06. The number of hydrogen-bond donors (Lipinski definition) is 1. The monoisotopic (exact) mass is 372 g/mol. The van der Waals surface area contributed by atoms with Gasteiger partial charge in [-0.25, -0.2) is 0 Å². The molecule has 2 aromatic rings. The summed E-state index contributed by atoms with van der Waals surface area (Å²) >= 11 is 1.41. The van der Waals surface area contributed by atoms with Crippen LogP contribution in [0.3, 0.4) is 0 Å². The molecule has 1 aromatic carbocycles. The lowest BCUT2D eigenvalue weighted by molar-refractivity contribution is -0.113. The molecule has 138 valence electrons. The summed E-state index contributed by atoms with van der Waals surface area (Å²) in [5.74, 6) is 1.03. The van der Waals surface area contributed by atoms with Crippen LogP contribution in [0.2, 0.25) is 0 Å². The third-order valence-corrected chi connectivity index (χ3v) is 5.60. The number of aromatic nitrogens is 3. The maximum Gasteiger partial charge on any atom is 0.234 e. The third-order valence-electron chi connectivity index (χ3n) is 4.66. The number of Topliss-reactive ketones (excluding diaryl/α,β-unsaturated/α-hetero) is 1. The highest BCUT2D eigenvalue weighted by molar-refractivity contribution is 7.99. The van der Waals surface area contributed by atoms with Crippen LogP contribution in [0, 0.1) is 6.92 Å². The highest BCUT2D eigenvalue weighted by Gasteiger charge is 2.21. The van der Waals surface area contributed by atoms with Gasteiger partial charge in [-0.3, -0.25) is 9.59 Å². The Balaban J connectivity index is 1.61. The molecule has 0 atom stereocenters. The summed E-state index contributed by atoms with van der Waals surface area (Å²) in [6, 6.07) is 7.42. The second-order valence-electron chi connectivity index (χ2n) is 6.67. The molecule has 0 unspecified atom stereocenters. The minimum Gasteiger partial charge on any atom is -0.325 e. The molecule has 1 heterocycles. The Morgan fingerprint density at radius 1 is 1.23 bits per heavy atom. The van der Waals surface area contributed by atoms with Gasteiger partial charge in [-0.15, -0.1) is 10.2 Å². The first-order chi connectivity index (χ1) is 12.5. The van der Waals surface area contributed by atoms with Crippen molar-refractivity contribution in [1.29, 1.82) is 0 Å². The quantitative estimate of drug-likeness (QED) is 0.612. The van der Waals surface area contributed by atoms with Crippen molar-refractivity contribution in [3.05, 3.63) is 35.7 Å². The molecule has 1 N–H and O–H groups in total. The van der Waals surface area contributed by atoms with Crippen molar-refractivity contribution in [2.24, 2.45) is 0 Å². The van der Waals surface area contributed by atoms with Gasteiger partial charge in [0.15, 0.2) is 10.9 Å². The van der Waals surface area contributed by atoms with Crippen molar-refractivity contribution in [2.45, 2.75) is 57.1 Å². The number of rotatable bonds is 6. The van der Waals surface area contributed by atoms with Gasteiger partial charge in [0.05, 0.1) is 5.75 Å². The average molecular weight is 372 g/mol. The van der Waals surface area contributed by atoms with Crippen LogP contribution in [0.25, 0.3) is 0 Å². The minimum absolute atomic E-state index is 0.0217. The topological polar surface area (TPSA) is 76.9 Å². The second-order valence-corrected chi connectivity index (χ2v) is 7.61. The molecule has 0 aliphatic heterocycles. The van der Waals surface area contributed by atoms with E-state index in [-0.39, 0.29) is 17.4 Å². The van der Waals surface area contributed by atoms with Crippen LogP contribution in [-0.4, -0.2) is 32.2 Å². The Bertz CT molecular complexity index is 797. The normalized spacial score (nSPS) is 15.0. The Morgan fingerprint density at radius 2 is 2.00 bits per heavy atom. The van der Waals surface area contributed by atoms with E-state index in [1.165, 1.54) is 37.9 Å². The van der Waals surface area contributed by atoms with Gasteiger partial charge < -0.3 is 9.88 Å². The van der Waals surface area contributed by atoms with Gasteiger partial charge in [0.25, 0.3) is 0 Å². The molecule has 7 heteroatoms. The fourth-order valence-corrected chi connectivity index (χ4v) is 4.20. The number of anilines is 1. The standard InChI is InChI=1S/C19H24N4O2S/c1-13(24)15-7-6-8-16(11-15)20-18(25)12-26-19-22-21-14(2)23(19)17-9-4-3-5-10-17/h6-8,11,17H,3-5,9-10,12H2,1-2H3,(H,20,25). The lowest BCUT2D eigenvalue weighted by Gasteiger charge is -2.24. The van der Waals surface area contributed by atoms with E-state index in [2.05, 4.69) is 20.1 Å². The zero-order valence-electron chi connectivity index (χ0n) is 15.2. The van der Waals surface area contributed by atoms with E-state index in [1.807, 2.05) is 6.92 Å². The molecule has 1 aliphatic carbocycles. The molecule has 1 saturated carbocycles. The average Bonchev–Trinajstić information content (AvgIpc) is 3.01. The maximum atomic E-state index is 12.3. The minimum atomic E-state index is -0.119. The van der Waals surface area contributed by atoms with Gasteiger partial charge in [-0.1, -0.05) is 43.2 Å². The predicted molar refractivity (Wildman–Crippen MR) is 103 cm³/mol. The molecule has 0 bridgehead atoms. The third kappa shape index (κ3) is 4.52. The predicted octanol–water partition coefficient (Wildman–Crippen LogP) is 4.03. The van der Waals surface area contributed by atoms with Crippen LogP contribution < -0.4 is 5.32 Å². The fraction of sp³-hybridized carbons (Fsp3) is 0.474. The number of amides is 1. The largest absolute Gasteiger partial charge is 0.325 e. The molecule has 1 fully saturated rings. The zero-order valence-corrected chi connectivity index (χ0v) is 16.0. The summed E-state index contributed by atoms with van der Waals surface area (Å²) in [5.41, 5.74) is 1.22. The van der Waals surface area contributed by atoms with Gasteiger partial charge in [0.1, 0.15) is 5.82 Å². The Hall–Kier alpha value is -2.15. The molecular formula is C19H24N4O2S. The van der Waals surface area contributed by atoms with Crippen LogP contribution in [0.1, 0.15) is 61.3 Å². The number of carbonyl (C=O) groups is 2. The lowest BCUT2D eigenvalue weighted by Crippen LogP contribution is -2.17. The van der Waals surface area contributed by atoms with E-state index in [0.29, 0.717) is 17.3 Å². The number of ketones is 1. The van der Waals surface area contributed by atoms with Crippen LogP contribution in [0.15, 0.2) is 29.4 Å². The first kappa shape index (κ1) is 18.6. The van der Waals surface area contributed by atoms with Crippen LogP contribution >= 0.6 is 11.8 Å². The molecular weight excluding hydrogens is 348 g/mol. The zero-order chi connectivity index (χ0) is 18.5. The van der Waals surface area contributed by atoms with Crippen molar-refractivity contribution >= 4 is 29.1 Å². The van der Waals surface area contributed by atoms with E-state index in [4.69, 9.17) is 0 Å². The number of benzene rings is 1. The molecule has 26 heavy (non-hydrogen) atoms. The molecule has 1 aromatic heterocycles. The first-order valence-electron chi connectivity index (χ1n) is 9.00. The molecule has 0 radical (unpaired) electrons. The maximum absolute atomic E-state index is 12.3. The van der Waals surface area contributed by atoms with Gasteiger partial charge in [-0.05, 0) is 38.8 Å². The van der Waals surface area contributed by atoms with Crippen molar-refractivity contribution in [1.82, 2.24) is 14.8 Å². The van der Waals surface area contributed by atoms with Crippen LogP contribution in [0.4, 0.5) is 5.69 Å². The number of carbonyl (C=O) groups excluding carboxylic acids is 2. The summed E-state index contributed by atoms with van der Waals surface area (Å²) in [4.78, 5) is 23.7. The molecule has 3 rings (SSSR count). The van der Waals surface area contributed by atoms with Crippen LogP contribution in [0.5, 0.6) is 0 Å². The van der Waals surface area contributed by atoms with Crippen molar-refractivity contribution in [3.63, 3.8) is 0 Å². The molecule has 6 nitrogen and oxygen atoms in total. The van der Waals surface area contributed by atoms with E-state index in [0.717, 1.165) is 23.8 Å². The number of thioether (sulfide) groups is 1. The summed E-state index contributed by atoms with van der Waals surface area (Å²) in [6.45, 7) is 3.48. The van der Waals surface area contributed by atoms with E-state index >= 15 is 0 Å². The number of nitrogens with zero attached hydrogens (tertiary/aromatic N) is 3. The Morgan fingerprint density at radius 3 is 2.73 bits per heavy atom. The van der Waals surface area contributed by atoms with Crippen molar-refractivity contribution in [3.8, 4) is 0 Å². The van der Waals surface area contributed by atoms with E-state index < -0.39 is 0 Å². The Labute approximate surface area is 157 Å². The highest BCUT2D eigenvalue weighted by Crippen LogP contribution is 2.32. The van der Waals surface area contributed by atoms with E-state index in [1.54, 1.807) is 24.3 Å². The summed E-state index contributed by atoms with van der Waals surface area (Å²) in [5, 5.41) is 12.1. The lowest BCUT2D eigenvalue weighted by atomic mass is 9.95. The SMILES string of the molecule is CC(=O)c1cccc(NC(=O)CSc2nnc(C)n2C2CCCCC2)c1. The summed E-state index contributed by atoms with van der Waals surface area (Å²) < 4.78 is 2.19. The summed E-state index contributed by atoms with van der Waals surface area (Å²) in [7, 11) is 0. The van der Waals surface area contributed by atoms with Crippen molar-refractivity contribution in [2.75, 3.05) is 11.1 Å². The molecule has 0 spiro atoms. The van der Waals surface area contributed by atoms with Gasteiger partial charge >= 0.3 is 0 Å². The molecule has 0 saturated heterocycles. The van der Waals surface area contributed by atoms with Gasteiger partial charge in [0, 0.05) is 17.3 Å². The molecule has 1 amide bonds. The number of hydrogen-bond acceptors (Lipinski definition) is 5. The van der Waals surface area contributed by atoms with Crippen molar-refractivity contribution < 1.29 is 9.59 Å². The molecule has 1 aliphatic rings. The van der Waals surface area contributed by atoms with Crippen LogP contribution in [-0.2, 0) is 4.79 Å². The first-order valence-corrected chi connectivity index (χ1v) is 9.98. The number of nitrogens with one attached hydrogen (secondary N) is 1. The highest BCUT2D eigenvalue weighted by atomic mass is 32.2. The van der Waals surface area contributed by atoms with Gasteiger partial charge in [-0.2, -0.15) is 0 Å². The second kappa shape index (κ2) is 8.49. The number of aryl methyl sites for hydroxylation is 1. The van der Waals surface area contributed by atoms with Gasteiger partial charge in [0.2, 0.25) is 5.91 Å². The van der Waals surface area contributed by atoms with E-state index in [9.17, 15) is 9.59 Å². The smallest absolute Gasteiger partial charge is 0.234 e.